The number of ether oxygens (including phenoxy) is 1. The van der Waals surface area contributed by atoms with E-state index in [1.54, 1.807) is 19.2 Å². The molecule has 1 atom stereocenters. The Balaban J connectivity index is 2.39. The van der Waals surface area contributed by atoms with Crippen LogP contribution >= 0.6 is 0 Å². The average molecular weight is 259 g/mol. The zero-order chi connectivity index (χ0) is 14.0. The first-order chi connectivity index (χ1) is 9.02. The Kier molecular flexibility index (Phi) is 3.86. The predicted molar refractivity (Wildman–Crippen MR) is 74.9 cm³/mol. The van der Waals surface area contributed by atoms with Crippen molar-refractivity contribution in [1.82, 2.24) is 0 Å². The summed E-state index contributed by atoms with van der Waals surface area (Å²) in [5.41, 5.74) is 10.2. The largest absolute Gasteiger partial charge is 0.496 e. The van der Waals surface area contributed by atoms with Gasteiger partial charge in [-0.25, -0.2) is 4.39 Å². The molecule has 2 nitrogen and oxygen atoms in total. The summed E-state index contributed by atoms with van der Waals surface area (Å²) < 4.78 is 18.3. The highest BCUT2D eigenvalue weighted by atomic mass is 19.1. The Morgan fingerprint density at radius 3 is 2.00 bits per heavy atom. The van der Waals surface area contributed by atoms with E-state index in [-0.39, 0.29) is 11.9 Å². The average Bonchev–Trinajstić information content (AvgIpc) is 2.38. The van der Waals surface area contributed by atoms with Gasteiger partial charge in [0, 0.05) is 0 Å². The maximum atomic E-state index is 12.9. The summed E-state index contributed by atoms with van der Waals surface area (Å²) in [4.78, 5) is 0. The van der Waals surface area contributed by atoms with Crippen molar-refractivity contribution < 1.29 is 9.13 Å². The zero-order valence-corrected chi connectivity index (χ0v) is 11.4. The molecule has 0 saturated carbocycles. The molecule has 0 heterocycles. The SMILES string of the molecule is COc1c(C)cc(C(N)c2ccc(F)cc2)cc1C. The van der Waals surface area contributed by atoms with Crippen molar-refractivity contribution in [2.75, 3.05) is 7.11 Å². The number of benzene rings is 2. The summed E-state index contributed by atoms with van der Waals surface area (Å²) >= 11 is 0. The highest BCUT2D eigenvalue weighted by Gasteiger charge is 2.12. The van der Waals surface area contributed by atoms with E-state index < -0.39 is 0 Å². The number of rotatable bonds is 3. The van der Waals surface area contributed by atoms with E-state index in [2.05, 4.69) is 0 Å². The fourth-order valence-corrected chi connectivity index (χ4v) is 2.35. The Morgan fingerprint density at radius 1 is 1.00 bits per heavy atom. The third-order valence-electron chi connectivity index (χ3n) is 3.28. The third kappa shape index (κ3) is 2.76. The number of hydrogen-bond donors (Lipinski definition) is 1. The van der Waals surface area contributed by atoms with Gasteiger partial charge in [-0.2, -0.15) is 0 Å². The zero-order valence-electron chi connectivity index (χ0n) is 11.4. The van der Waals surface area contributed by atoms with Gasteiger partial charge < -0.3 is 10.5 Å². The molecule has 0 fully saturated rings. The van der Waals surface area contributed by atoms with E-state index in [1.807, 2.05) is 26.0 Å². The van der Waals surface area contributed by atoms with Gasteiger partial charge in [0.2, 0.25) is 0 Å². The molecule has 0 amide bonds. The summed E-state index contributed by atoms with van der Waals surface area (Å²) in [7, 11) is 1.66. The molecule has 0 aliphatic heterocycles. The van der Waals surface area contributed by atoms with Gasteiger partial charge in [0.15, 0.2) is 0 Å². The van der Waals surface area contributed by atoms with Gasteiger partial charge in [-0.1, -0.05) is 24.3 Å². The van der Waals surface area contributed by atoms with E-state index >= 15 is 0 Å². The maximum absolute atomic E-state index is 12.9. The number of methoxy groups -OCH3 is 1. The summed E-state index contributed by atoms with van der Waals surface area (Å²) in [6, 6.07) is 10.1. The quantitative estimate of drug-likeness (QED) is 0.915. The standard InChI is InChI=1S/C16H18FNO/c1-10-8-13(9-11(2)16(10)19-3)15(18)12-4-6-14(17)7-5-12/h4-9,15H,18H2,1-3H3. The van der Waals surface area contributed by atoms with Crippen LogP contribution in [0.2, 0.25) is 0 Å². The smallest absolute Gasteiger partial charge is 0.124 e. The van der Waals surface area contributed by atoms with Crippen molar-refractivity contribution in [2.24, 2.45) is 5.73 Å². The van der Waals surface area contributed by atoms with Gasteiger partial charge >= 0.3 is 0 Å². The Hall–Kier alpha value is -1.87. The van der Waals surface area contributed by atoms with Crippen molar-refractivity contribution in [2.45, 2.75) is 19.9 Å². The minimum absolute atomic E-state index is 0.252. The van der Waals surface area contributed by atoms with Crippen LogP contribution < -0.4 is 10.5 Å². The molecule has 0 aliphatic rings. The molecule has 0 aliphatic carbocycles. The van der Waals surface area contributed by atoms with E-state index in [0.29, 0.717) is 0 Å². The van der Waals surface area contributed by atoms with Crippen LogP contribution in [-0.4, -0.2) is 7.11 Å². The molecule has 100 valence electrons. The van der Waals surface area contributed by atoms with Gasteiger partial charge in [-0.05, 0) is 48.2 Å². The minimum Gasteiger partial charge on any atom is -0.496 e. The highest BCUT2D eigenvalue weighted by Crippen LogP contribution is 2.28. The molecule has 2 rings (SSSR count). The molecule has 2 aromatic carbocycles. The highest BCUT2D eigenvalue weighted by molar-refractivity contribution is 5.46. The fraction of sp³-hybridized carbons (Fsp3) is 0.250. The molecule has 2 aromatic rings. The molecule has 3 heteroatoms. The van der Waals surface area contributed by atoms with Crippen LogP contribution in [0.3, 0.4) is 0 Å². The Labute approximate surface area is 113 Å². The molecule has 0 aromatic heterocycles. The fourth-order valence-electron chi connectivity index (χ4n) is 2.35. The summed E-state index contributed by atoms with van der Waals surface area (Å²) in [6.07, 6.45) is 0. The third-order valence-corrected chi connectivity index (χ3v) is 3.28. The molecule has 2 N–H and O–H groups in total. The van der Waals surface area contributed by atoms with E-state index in [1.165, 1.54) is 12.1 Å². The van der Waals surface area contributed by atoms with Crippen molar-refractivity contribution in [3.8, 4) is 5.75 Å². The monoisotopic (exact) mass is 259 g/mol. The van der Waals surface area contributed by atoms with Gasteiger partial charge in [-0.3, -0.25) is 0 Å². The minimum atomic E-state index is -0.260. The lowest BCUT2D eigenvalue weighted by Gasteiger charge is -2.16. The van der Waals surface area contributed by atoms with Crippen LogP contribution in [0, 0.1) is 19.7 Å². The van der Waals surface area contributed by atoms with Gasteiger partial charge in [0.25, 0.3) is 0 Å². The van der Waals surface area contributed by atoms with Crippen LogP contribution in [-0.2, 0) is 0 Å². The van der Waals surface area contributed by atoms with Crippen LogP contribution in [0.15, 0.2) is 36.4 Å². The molecule has 19 heavy (non-hydrogen) atoms. The van der Waals surface area contributed by atoms with Crippen molar-refractivity contribution in [1.29, 1.82) is 0 Å². The molecule has 0 bridgehead atoms. The lowest BCUT2D eigenvalue weighted by Crippen LogP contribution is -2.12. The Bertz CT molecular complexity index is 555. The first-order valence-corrected chi connectivity index (χ1v) is 6.19. The number of nitrogens with two attached hydrogens (primary N) is 1. The molecule has 0 saturated heterocycles. The normalized spacial score (nSPS) is 12.3. The van der Waals surface area contributed by atoms with Crippen LogP contribution in [0.25, 0.3) is 0 Å². The van der Waals surface area contributed by atoms with Gasteiger partial charge in [0.05, 0.1) is 13.2 Å². The summed E-state index contributed by atoms with van der Waals surface area (Å²) in [5.74, 6) is 0.632. The van der Waals surface area contributed by atoms with Crippen LogP contribution in [0.5, 0.6) is 5.75 Å². The topological polar surface area (TPSA) is 35.2 Å². The molecule has 1 unspecified atom stereocenters. The van der Waals surface area contributed by atoms with Gasteiger partial charge in [-0.15, -0.1) is 0 Å². The molecular weight excluding hydrogens is 241 g/mol. The van der Waals surface area contributed by atoms with Crippen LogP contribution in [0.4, 0.5) is 4.39 Å². The second-order valence-corrected chi connectivity index (χ2v) is 4.72. The van der Waals surface area contributed by atoms with Crippen LogP contribution in [0.1, 0.15) is 28.3 Å². The second kappa shape index (κ2) is 5.41. The lowest BCUT2D eigenvalue weighted by molar-refractivity contribution is 0.408. The molecule has 0 spiro atoms. The van der Waals surface area contributed by atoms with Crippen molar-refractivity contribution in [3.63, 3.8) is 0 Å². The number of aryl methyl sites for hydroxylation is 2. The van der Waals surface area contributed by atoms with E-state index in [9.17, 15) is 4.39 Å². The van der Waals surface area contributed by atoms with Gasteiger partial charge in [0.1, 0.15) is 11.6 Å². The number of halogens is 1. The lowest BCUT2D eigenvalue weighted by atomic mass is 9.96. The maximum Gasteiger partial charge on any atom is 0.124 e. The molecular formula is C16H18FNO. The van der Waals surface area contributed by atoms with Crippen molar-refractivity contribution in [3.05, 3.63) is 64.5 Å². The Morgan fingerprint density at radius 2 is 1.53 bits per heavy atom. The second-order valence-electron chi connectivity index (χ2n) is 4.72. The molecule has 0 radical (unpaired) electrons. The van der Waals surface area contributed by atoms with E-state index in [4.69, 9.17) is 10.5 Å². The first-order valence-electron chi connectivity index (χ1n) is 6.19. The van der Waals surface area contributed by atoms with Crippen molar-refractivity contribution >= 4 is 0 Å². The summed E-state index contributed by atoms with van der Waals surface area (Å²) in [5, 5.41) is 0. The number of hydrogen-bond acceptors (Lipinski definition) is 2. The predicted octanol–water partition coefficient (Wildman–Crippen LogP) is 3.50. The van der Waals surface area contributed by atoms with E-state index in [0.717, 1.165) is 28.0 Å². The summed E-state index contributed by atoms with van der Waals surface area (Å²) in [6.45, 7) is 3.99. The first kappa shape index (κ1) is 13.6.